The van der Waals surface area contributed by atoms with Gasteiger partial charge in [0.15, 0.2) is 0 Å². The van der Waals surface area contributed by atoms with E-state index in [1.54, 1.807) is 31.4 Å². The quantitative estimate of drug-likeness (QED) is 0.789. The van der Waals surface area contributed by atoms with Gasteiger partial charge >= 0.3 is 6.03 Å². The van der Waals surface area contributed by atoms with Gasteiger partial charge < -0.3 is 21.1 Å². The molecule has 0 aliphatic heterocycles. The number of rotatable bonds is 5. The van der Waals surface area contributed by atoms with Crippen LogP contribution >= 0.6 is 0 Å². The third-order valence-electron chi connectivity index (χ3n) is 3.06. The highest BCUT2D eigenvalue weighted by molar-refractivity contribution is 5.94. The topological polar surface area (TPSA) is 93.4 Å². The van der Waals surface area contributed by atoms with Gasteiger partial charge in [0.05, 0.1) is 7.11 Å². The number of methoxy groups -OCH3 is 1. The minimum Gasteiger partial charge on any atom is -0.496 e. The summed E-state index contributed by atoms with van der Waals surface area (Å²) in [5.41, 5.74) is 6.99. The average Bonchev–Trinajstić information content (AvgIpc) is 2.53. The lowest BCUT2D eigenvalue weighted by Crippen LogP contribution is -2.28. The predicted octanol–water partition coefficient (Wildman–Crippen LogP) is 2.12. The second-order valence-electron chi connectivity index (χ2n) is 4.56. The molecular weight excluding hydrogens is 282 g/mol. The molecule has 0 unspecified atom stereocenters. The minimum atomic E-state index is -0.507. The summed E-state index contributed by atoms with van der Waals surface area (Å²) in [6.07, 6.45) is 0. The maximum Gasteiger partial charge on any atom is 0.319 e. The number of carbonyl (C=O) groups excluding carboxylic acids is 2. The van der Waals surface area contributed by atoms with E-state index in [4.69, 9.17) is 10.5 Å². The Bertz CT molecular complexity index is 669. The zero-order chi connectivity index (χ0) is 15.9. The van der Waals surface area contributed by atoms with E-state index in [0.29, 0.717) is 23.5 Å². The summed E-state index contributed by atoms with van der Waals surface area (Å²) in [5.74, 6) is 0.209. The molecular formula is C16H17N3O3. The fourth-order valence-corrected chi connectivity index (χ4v) is 1.92. The van der Waals surface area contributed by atoms with Crippen LogP contribution in [-0.4, -0.2) is 19.0 Å². The zero-order valence-electron chi connectivity index (χ0n) is 12.1. The van der Waals surface area contributed by atoms with Crippen molar-refractivity contribution < 1.29 is 14.3 Å². The lowest BCUT2D eigenvalue weighted by molar-refractivity contribution is 0.100. The Morgan fingerprint density at radius 1 is 1.09 bits per heavy atom. The van der Waals surface area contributed by atoms with Crippen LogP contribution in [0.25, 0.3) is 0 Å². The Balaban J connectivity index is 1.91. The smallest absolute Gasteiger partial charge is 0.319 e. The molecule has 0 bridgehead atoms. The van der Waals surface area contributed by atoms with Gasteiger partial charge in [0.25, 0.3) is 0 Å². The molecule has 0 aromatic heterocycles. The van der Waals surface area contributed by atoms with Gasteiger partial charge in [-0.1, -0.05) is 18.2 Å². The first-order chi connectivity index (χ1) is 10.6. The third kappa shape index (κ3) is 3.99. The van der Waals surface area contributed by atoms with E-state index in [1.807, 2.05) is 24.3 Å². The molecule has 0 aliphatic rings. The summed E-state index contributed by atoms with van der Waals surface area (Å²) in [7, 11) is 1.58. The number of amides is 3. The van der Waals surface area contributed by atoms with Crippen molar-refractivity contribution in [2.45, 2.75) is 6.54 Å². The molecule has 6 heteroatoms. The Hall–Kier alpha value is -3.02. The van der Waals surface area contributed by atoms with Gasteiger partial charge in [0, 0.05) is 23.4 Å². The zero-order valence-corrected chi connectivity index (χ0v) is 12.1. The molecule has 0 heterocycles. The fourth-order valence-electron chi connectivity index (χ4n) is 1.92. The van der Waals surface area contributed by atoms with Gasteiger partial charge in [-0.05, 0) is 30.3 Å². The van der Waals surface area contributed by atoms with Gasteiger partial charge in [-0.15, -0.1) is 0 Å². The molecule has 0 aliphatic carbocycles. The maximum atomic E-state index is 11.8. The van der Waals surface area contributed by atoms with Gasteiger partial charge in [-0.3, -0.25) is 4.79 Å². The summed E-state index contributed by atoms with van der Waals surface area (Å²) in [4.78, 5) is 22.8. The monoisotopic (exact) mass is 299 g/mol. The molecule has 2 rings (SSSR count). The van der Waals surface area contributed by atoms with Crippen LogP contribution in [0.4, 0.5) is 10.5 Å². The second kappa shape index (κ2) is 7.12. The van der Waals surface area contributed by atoms with Crippen LogP contribution in [0.5, 0.6) is 5.75 Å². The molecule has 0 saturated carbocycles. The molecule has 4 N–H and O–H groups in total. The SMILES string of the molecule is COc1ccccc1CNC(=O)Nc1ccc(C(N)=O)cc1. The van der Waals surface area contributed by atoms with Gasteiger partial charge in [0.2, 0.25) is 5.91 Å². The van der Waals surface area contributed by atoms with E-state index in [-0.39, 0.29) is 6.03 Å². The van der Waals surface area contributed by atoms with Crippen LogP contribution in [0.1, 0.15) is 15.9 Å². The van der Waals surface area contributed by atoms with Gasteiger partial charge in [-0.2, -0.15) is 0 Å². The van der Waals surface area contributed by atoms with Crippen molar-refractivity contribution in [1.29, 1.82) is 0 Å². The van der Waals surface area contributed by atoms with E-state index in [1.165, 1.54) is 0 Å². The lowest BCUT2D eigenvalue weighted by Gasteiger charge is -2.10. The number of nitrogens with two attached hydrogens (primary N) is 1. The van der Waals surface area contributed by atoms with E-state index in [0.717, 1.165) is 5.56 Å². The molecule has 2 aromatic carbocycles. The molecule has 0 saturated heterocycles. The summed E-state index contributed by atoms with van der Waals surface area (Å²) in [6.45, 7) is 0.342. The average molecular weight is 299 g/mol. The molecule has 0 radical (unpaired) electrons. The first-order valence-electron chi connectivity index (χ1n) is 6.67. The number of para-hydroxylation sites is 1. The molecule has 2 aromatic rings. The first kappa shape index (κ1) is 15.4. The largest absolute Gasteiger partial charge is 0.496 e. The van der Waals surface area contributed by atoms with Crippen molar-refractivity contribution >= 4 is 17.6 Å². The van der Waals surface area contributed by atoms with E-state index in [9.17, 15) is 9.59 Å². The number of hydrogen-bond acceptors (Lipinski definition) is 3. The van der Waals surface area contributed by atoms with Crippen LogP contribution in [-0.2, 0) is 6.54 Å². The molecule has 114 valence electrons. The lowest BCUT2D eigenvalue weighted by atomic mass is 10.2. The number of benzene rings is 2. The Kier molecular flexibility index (Phi) is 4.98. The van der Waals surface area contributed by atoms with Crippen LogP contribution in [0.15, 0.2) is 48.5 Å². The molecule has 0 fully saturated rings. The van der Waals surface area contributed by atoms with Crippen molar-refractivity contribution in [3.05, 3.63) is 59.7 Å². The highest BCUT2D eigenvalue weighted by atomic mass is 16.5. The summed E-state index contributed by atoms with van der Waals surface area (Å²) >= 11 is 0. The summed E-state index contributed by atoms with van der Waals surface area (Å²) in [5, 5.41) is 5.41. The van der Waals surface area contributed by atoms with E-state index >= 15 is 0 Å². The summed E-state index contributed by atoms with van der Waals surface area (Å²) < 4.78 is 5.22. The summed E-state index contributed by atoms with van der Waals surface area (Å²) in [6, 6.07) is 13.4. The second-order valence-corrected chi connectivity index (χ2v) is 4.56. The Morgan fingerprint density at radius 2 is 1.77 bits per heavy atom. The minimum absolute atomic E-state index is 0.342. The Morgan fingerprint density at radius 3 is 2.41 bits per heavy atom. The molecule has 3 amide bonds. The Labute approximate surface area is 128 Å². The predicted molar refractivity (Wildman–Crippen MR) is 83.8 cm³/mol. The third-order valence-corrected chi connectivity index (χ3v) is 3.06. The van der Waals surface area contributed by atoms with Gasteiger partial charge in [0.1, 0.15) is 5.75 Å². The van der Waals surface area contributed by atoms with Crippen molar-refractivity contribution in [3.8, 4) is 5.75 Å². The standard InChI is InChI=1S/C16H17N3O3/c1-22-14-5-3-2-4-12(14)10-18-16(21)19-13-8-6-11(7-9-13)15(17)20/h2-9H,10H2,1H3,(H2,17,20)(H2,18,19,21). The number of primary amides is 1. The normalized spacial score (nSPS) is 9.86. The number of anilines is 1. The number of nitrogens with one attached hydrogen (secondary N) is 2. The van der Waals surface area contributed by atoms with Crippen LogP contribution in [0.3, 0.4) is 0 Å². The van der Waals surface area contributed by atoms with Crippen LogP contribution in [0.2, 0.25) is 0 Å². The maximum absolute atomic E-state index is 11.8. The molecule has 0 atom stereocenters. The highest BCUT2D eigenvalue weighted by Crippen LogP contribution is 2.16. The van der Waals surface area contributed by atoms with Crippen LogP contribution in [0, 0.1) is 0 Å². The highest BCUT2D eigenvalue weighted by Gasteiger charge is 2.06. The molecule has 0 spiro atoms. The van der Waals surface area contributed by atoms with Crippen LogP contribution < -0.4 is 21.1 Å². The first-order valence-corrected chi connectivity index (χ1v) is 6.67. The number of urea groups is 1. The van der Waals surface area contributed by atoms with Crippen molar-refractivity contribution in [2.24, 2.45) is 5.73 Å². The van der Waals surface area contributed by atoms with Crippen molar-refractivity contribution in [2.75, 3.05) is 12.4 Å². The number of ether oxygens (including phenoxy) is 1. The van der Waals surface area contributed by atoms with Crippen molar-refractivity contribution in [1.82, 2.24) is 5.32 Å². The number of carbonyl (C=O) groups is 2. The van der Waals surface area contributed by atoms with E-state index < -0.39 is 5.91 Å². The number of hydrogen-bond donors (Lipinski definition) is 3. The molecule has 6 nitrogen and oxygen atoms in total. The fraction of sp³-hybridized carbons (Fsp3) is 0.125. The van der Waals surface area contributed by atoms with E-state index in [2.05, 4.69) is 10.6 Å². The van der Waals surface area contributed by atoms with Gasteiger partial charge in [-0.25, -0.2) is 4.79 Å². The van der Waals surface area contributed by atoms with Crippen molar-refractivity contribution in [3.63, 3.8) is 0 Å². The molecule has 22 heavy (non-hydrogen) atoms.